The standard InChI is InChI=1S/C13H15BrCl2O2S/c14-7-11(9-3-4-19(17,18)8-9)5-10-6-12(15)1-2-13(10)16/h1-2,6,9,11H,3-5,7-8H2. The van der Waals surface area contributed by atoms with Crippen LogP contribution in [0, 0.1) is 11.8 Å². The van der Waals surface area contributed by atoms with Gasteiger partial charge in [0.1, 0.15) is 0 Å². The number of halogens is 3. The van der Waals surface area contributed by atoms with Gasteiger partial charge in [-0.15, -0.1) is 0 Å². The van der Waals surface area contributed by atoms with E-state index in [2.05, 4.69) is 15.9 Å². The zero-order valence-electron chi connectivity index (χ0n) is 10.3. The average Bonchev–Trinajstić information content (AvgIpc) is 2.70. The first kappa shape index (κ1) is 15.6. The summed E-state index contributed by atoms with van der Waals surface area (Å²) in [6.45, 7) is 0. The van der Waals surface area contributed by atoms with Gasteiger partial charge in [-0.3, -0.25) is 0 Å². The highest BCUT2D eigenvalue weighted by Gasteiger charge is 2.33. The highest BCUT2D eigenvalue weighted by atomic mass is 79.9. The number of sulfone groups is 1. The molecular weight excluding hydrogens is 371 g/mol. The normalized spacial score (nSPS) is 23.4. The summed E-state index contributed by atoms with van der Waals surface area (Å²) in [5, 5.41) is 2.12. The van der Waals surface area contributed by atoms with Crippen LogP contribution in [0.15, 0.2) is 18.2 Å². The predicted molar refractivity (Wildman–Crippen MR) is 84.2 cm³/mol. The molecule has 6 heteroatoms. The fourth-order valence-electron chi connectivity index (χ4n) is 2.52. The largest absolute Gasteiger partial charge is 0.229 e. The van der Waals surface area contributed by atoms with E-state index in [1.54, 1.807) is 12.1 Å². The van der Waals surface area contributed by atoms with E-state index in [1.165, 1.54) is 0 Å². The molecule has 0 aromatic heterocycles. The molecule has 19 heavy (non-hydrogen) atoms. The molecule has 0 radical (unpaired) electrons. The van der Waals surface area contributed by atoms with Crippen molar-refractivity contribution in [3.05, 3.63) is 33.8 Å². The third kappa shape index (κ3) is 4.10. The first-order valence-electron chi connectivity index (χ1n) is 6.11. The van der Waals surface area contributed by atoms with Crippen molar-refractivity contribution in [2.75, 3.05) is 16.8 Å². The van der Waals surface area contributed by atoms with Gasteiger partial charge >= 0.3 is 0 Å². The van der Waals surface area contributed by atoms with Gasteiger partial charge in [-0.25, -0.2) is 8.42 Å². The molecule has 2 atom stereocenters. The summed E-state index contributed by atoms with van der Waals surface area (Å²) < 4.78 is 23.1. The third-order valence-electron chi connectivity index (χ3n) is 3.62. The topological polar surface area (TPSA) is 34.1 Å². The predicted octanol–water partition coefficient (Wildman–Crippen LogP) is 3.98. The molecule has 1 saturated heterocycles. The van der Waals surface area contributed by atoms with Crippen LogP contribution in [0.4, 0.5) is 0 Å². The molecule has 0 N–H and O–H groups in total. The Morgan fingerprint density at radius 1 is 1.37 bits per heavy atom. The number of benzene rings is 1. The van der Waals surface area contributed by atoms with Crippen molar-refractivity contribution in [3.63, 3.8) is 0 Å². The molecule has 1 aromatic carbocycles. The highest BCUT2D eigenvalue weighted by molar-refractivity contribution is 9.09. The Kier molecular flexibility index (Phi) is 5.21. The maximum atomic E-state index is 11.6. The molecule has 0 saturated carbocycles. The van der Waals surface area contributed by atoms with E-state index >= 15 is 0 Å². The minimum atomic E-state index is -2.84. The Labute approximate surface area is 132 Å². The number of alkyl halides is 1. The summed E-state index contributed by atoms with van der Waals surface area (Å²) in [5.74, 6) is 1.08. The molecule has 0 bridgehead atoms. The van der Waals surface area contributed by atoms with Crippen LogP contribution >= 0.6 is 39.1 Å². The lowest BCUT2D eigenvalue weighted by Gasteiger charge is -2.21. The molecule has 1 fully saturated rings. The van der Waals surface area contributed by atoms with Crippen LogP contribution in [0.2, 0.25) is 10.0 Å². The third-order valence-corrected chi connectivity index (χ3v) is 6.85. The summed E-state index contributed by atoms with van der Waals surface area (Å²) in [5.41, 5.74) is 0.989. The van der Waals surface area contributed by atoms with Gasteiger partial charge in [-0.1, -0.05) is 39.1 Å². The molecule has 0 aliphatic carbocycles. The zero-order valence-corrected chi connectivity index (χ0v) is 14.2. The van der Waals surface area contributed by atoms with Gasteiger partial charge in [-0.2, -0.15) is 0 Å². The number of rotatable bonds is 4. The van der Waals surface area contributed by atoms with E-state index in [-0.39, 0.29) is 11.8 Å². The lowest BCUT2D eigenvalue weighted by Crippen LogP contribution is -2.20. The fraction of sp³-hybridized carbons (Fsp3) is 0.538. The van der Waals surface area contributed by atoms with E-state index in [0.29, 0.717) is 21.6 Å². The number of hydrogen-bond acceptors (Lipinski definition) is 2. The molecule has 2 rings (SSSR count). The highest BCUT2D eigenvalue weighted by Crippen LogP contribution is 2.32. The van der Waals surface area contributed by atoms with Crippen molar-refractivity contribution in [1.82, 2.24) is 0 Å². The van der Waals surface area contributed by atoms with Crippen molar-refractivity contribution < 1.29 is 8.42 Å². The van der Waals surface area contributed by atoms with Crippen molar-refractivity contribution in [2.24, 2.45) is 11.8 Å². The molecule has 1 aromatic rings. The minimum absolute atomic E-state index is 0.208. The molecular formula is C13H15BrCl2O2S. The minimum Gasteiger partial charge on any atom is -0.229 e. The molecule has 1 aliphatic heterocycles. The Balaban J connectivity index is 2.13. The average molecular weight is 386 g/mol. The first-order valence-corrected chi connectivity index (χ1v) is 9.81. The summed E-state index contributed by atoms with van der Waals surface area (Å²) in [7, 11) is -2.84. The fourth-order valence-corrected chi connectivity index (χ4v) is 5.59. The monoisotopic (exact) mass is 384 g/mol. The Morgan fingerprint density at radius 2 is 2.11 bits per heavy atom. The quantitative estimate of drug-likeness (QED) is 0.734. The molecule has 2 unspecified atom stereocenters. The summed E-state index contributed by atoms with van der Waals surface area (Å²) >= 11 is 15.6. The van der Waals surface area contributed by atoms with Crippen molar-refractivity contribution in [3.8, 4) is 0 Å². The molecule has 0 amide bonds. The Bertz CT molecular complexity index is 560. The van der Waals surface area contributed by atoms with Gasteiger partial charge in [0.05, 0.1) is 11.5 Å². The first-order chi connectivity index (χ1) is 8.91. The van der Waals surface area contributed by atoms with Gasteiger partial charge in [-0.05, 0) is 48.4 Å². The van der Waals surface area contributed by atoms with Crippen LogP contribution in [0.5, 0.6) is 0 Å². The second kappa shape index (κ2) is 6.33. The smallest absolute Gasteiger partial charge is 0.150 e. The van der Waals surface area contributed by atoms with Crippen LogP contribution in [0.1, 0.15) is 12.0 Å². The SMILES string of the molecule is O=S1(=O)CCC(C(CBr)Cc2cc(Cl)ccc2Cl)C1. The molecule has 0 spiro atoms. The molecule has 2 nitrogen and oxygen atoms in total. The molecule has 106 valence electrons. The van der Waals surface area contributed by atoms with Crippen LogP contribution in [0.25, 0.3) is 0 Å². The maximum absolute atomic E-state index is 11.6. The second-order valence-corrected chi connectivity index (χ2v) is 8.74. The molecule has 1 heterocycles. The van der Waals surface area contributed by atoms with E-state index in [9.17, 15) is 8.42 Å². The summed E-state index contributed by atoms with van der Waals surface area (Å²) in [6, 6.07) is 5.41. The van der Waals surface area contributed by atoms with Gasteiger partial charge in [0.2, 0.25) is 0 Å². The van der Waals surface area contributed by atoms with E-state index in [1.807, 2.05) is 6.07 Å². The summed E-state index contributed by atoms with van der Waals surface area (Å²) in [4.78, 5) is 0. The van der Waals surface area contributed by atoms with Crippen molar-refractivity contribution in [1.29, 1.82) is 0 Å². The van der Waals surface area contributed by atoms with Crippen LogP contribution in [-0.4, -0.2) is 25.3 Å². The lowest BCUT2D eigenvalue weighted by molar-refractivity contribution is 0.402. The maximum Gasteiger partial charge on any atom is 0.150 e. The van der Waals surface area contributed by atoms with Crippen LogP contribution in [-0.2, 0) is 16.3 Å². The van der Waals surface area contributed by atoms with Gasteiger partial charge in [0, 0.05) is 15.4 Å². The van der Waals surface area contributed by atoms with Crippen LogP contribution < -0.4 is 0 Å². The van der Waals surface area contributed by atoms with E-state index in [4.69, 9.17) is 23.2 Å². The Morgan fingerprint density at radius 3 is 2.68 bits per heavy atom. The molecule has 1 aliphatic rings. The van der Waals surface area contributed by atoms with Gasteiger partial charge in [0.15, 0.2) is 9.84 Å². The van der Waals surface area contributed by atoms with Crippen molar-refractivity contribution >= 4 is 49.0 Å². The van der Waals surface area contributed by atoms with Crippen molar-refractivity contribution in [2.45, 2.75) is 12.8 Å². The lowest BCUT2D eigenvalue weighted by atomic mass is 9.88. The van der Waals surface area contributed by atoms with E-state index < -0.39 is 9.84 Å². The van der Waals surface area contributed by atoms with Crippen LogP contribution in [0.3, 0.4) is 0 Å². The zero-order chi connectivity index (χ0) is 14.0. The second-order valence-electron chi connectivity index (χ2n) is 5.02. The van der Waals surface area contributed by atoms with Gasteiger partial charge in [0.25, 0.3) is 0 Å². The van der Waals surface area contributed by atoms with E-state index in [0.717, 1.165) is 23.7 Å². The number of hydrogen-bond donors (Lipinski definition) is 0. The van der Waals surface area contributed by atoms with Gasteiger partial charge < -0.3 is 0 Å². The Hall–Kier alpha value is 0.230. The summed E-state index contributed by atoms with van der Waals surface area (Å²) in [6.07, 6.45) is 1.50.